The summed E-state index contributed by atoms with van der Waals surface area (Å²) in [7, 11) is 1.37. The number of esters is 1. The molecule has 0 aromatic carbocycles. The highest BCUT2D eigenvalue weighted by molar-refractivity contribution is 5.91. The van der Waals surface area contributed by atoms with Crippen molar-refractivity contribution >= 4 is 17.0 Å². The van der Waals surface area contributed by atoms with Gasteiger partial charge in [-0.25, -0.2) is 9.78 Å². The van der Waals surface area contributed by atoms with Crippen molar-refractivity contribution in [2.45, 2.75) is 31.8 Å². The number of carbonyl (C=O) groups is 1. The van der Waals surface area contributed by atoms with Gasteiger partial charge >= 0.3 is 5.97 Å². The molecule has 2 N–H and O–H groups in total. The molecule has 0 radical (unpaired) electrons. The summed E-state index contributed by atoms with van der Waals surface area (Å²) in [6, 6.07) is 3.66. The number of hydrogen-bond donors (Lipinski definition) is 2. The largest absolute Gasteiger partial charge is 0.464 e. The molecule has 1 aliphatic rings. The van der Waals surface area contributed by atoms with Crippen LogP contribution in [0, 0.1) is 0 Å². The van der Waals surface area contributed by atoms with Crippen LogP contribution in [-0.4, -0.2) is 28.6 Å². The van der Waals surface area contributed by atoms with Crippen molar-refractivity contribution in [3.8, 4) is 0 Å². The molecule has 5 heteroatoms. The van der Waals surface area contributed by atoms with E-state index in [1.165, 1.54) is 20.0 Å². The van der Waals surface area contributed by atoms with Crippen LogP contribution >= 0.6 is 0 Å². The first-order chi connectivity index (χ1) is 9.11. The number of carbonyl (C=O) groups excluding carboxylic acids is 1. The van der Waals surface area contributed by atoms with Gasteiger partial charge < -0.3 is 15.0 Å². The van der Waals surface area contributed by atoms with Gasteiger partial charge in [0.2, 0.25) is 0 Å². The van der Waals surface area contributed by atoms with E-state index in [0.29, 0.717) is 5.69 Å². The number of ether oxygens (including phenoxy) is 1. The molecule has 0 aliphatic heterocycles. The first-order valence-electron chi connectivity index (χ1n) is 6.42. The lowest BCUT2D eigenvalue weighted by atomic mass is 10.1. The Morgan fingerprint density at radius 3 is 3.05 bits per heavy atom. The van der Waals surface area contributed by atoms with Crippen LogP contribution in [0.15, 0.2) is 18.3 Å². The summed E-state index contributed by atoms with van der Waals surface area (Å²) >= 11 is 0. The van der Waals surface area contributed by atoms with Crippen molar-refractivity contribution in [3.05, 3.63) is 29.6 Å². The number of nitrogens with zero attached hydrogens (tertiary/aromatic N) is 1. The molecule has 1 saturated carbocycles. The van der Waals surface area contributed by atoms with Gasteiger partial charge in [0.25, 0.3) is 0 Å². The Morgan fingerprint density at radius 1 is 1.58 bits per heavy atom. The summed E-state index contributed by atoms with van der Waals surface area (Å²) in [5.41, 5.74) is 3.43. The maximum atomic E-state index is 11.6. The molecule has 0 amide bonds. The zero-order chi connectivity index (χ0) is 13.5. The highest BCUT2D eigenvalue weighted by Crippen LogP contribution is 2.34. The summed E-state index contributed by atoms with van der Waals surface area (Å²) in [5, 5.41) is 3.52. The second-order valence-electron chi connectivity index (χ2n) is 5.31. The minimum absolute atomic E-state index is 0.258. The van der Waals surface area contributed by atoms with Crippen molar-refractivity contribution in [1.29, 1.82) is 0 Å². The lowest BCUT2D eigenvalue weighted by molar-refractivity contribution is 0.0594. The summed E-state index contributed by atoms with van der Waals surface area (Å²) < 4.78 is 4.74. The highest BCUT2D eigenvalue weighted by atomic mass is 16.5. The van der Waals surface area contributed by atoms with Gasteiger partial charge in [-0.05, 0) is 37.5 Å². The zero-order valence-electron chi connectivity index (χ0n) is 11.1. The van der Waals surface area contributed by atoms with Crippen LogP contribution in [0.5, 0.6) is 0 Å². The lowest BCUT2D eigenvalue weighted by Gasteiger charge is -2.12. The Kier molecular flexibility index (Phi) is 2.78. The Bertz CT molecular complexity index is 629. The van der Waals surface area contributed by atoms with E-state index in [9.17, 15) is 4.79 Å². The monoisotopic (exact) mass is 259 g/mol. The number of methoxy groups -OCH3 is 1. The summed E-state index contributed by atoms with van der Waals surface area (Å²) in [5.74, 6) is -0.401. The van der Waals surface area contributed by atoms with Gasteiger partial charge in [-0.1, -0.05) is 0 Å². The van der Waals surface area contributed by atoms with Crippen molar-refractivity contribution in [2.24, 2.45) is 0 Å². The van der Waals surface area contributed by atoms with Gasteiger partial charge in [-0.15, -0.1) is 0 Å². The normalized spacial score (nSPS) is 16.5. The molecule has 2 aromatic heterocycles. The first-order valence-corrected chi connectivity index (χ1v) is 6.42. The van der Waals surface area contributed by atoms with Gasteiger partial charge in [0, 0.05) is 18.3 Å². The predicted molar refractivity (Wildman–Crippen MR) is 71.9 cm³/mol. The van der Waals surface area contributed by atoms with E-state index >= 15 is 0 Å². The molecule has 0 bridgehead atoms. The van der Waals surface area contributed by atoms with Crippen molar-refractivity contribution in [3.63, 3.8) is 0 Å². The topological polar surface area (TPSA) is 67.0 Å². The van der Waals surface area contributed by atoms with Crippen LogP contribution in [0.25, 0.3) is 11.0 Å². The minimum atomic E-state index is -0.401. The van der Waals surface area contributed by atoms with Gasteiger partial charge in [-0.3, -0.25) is 0 Å². The smallest absolute Gasteiger partial charge is 0.356 e. The number of pyridine rings is 1. The van der Waals surface area contributed by atoms with Crippen molar-refractivity contribution < 1.29 is 9.53 Å². The van der Waals surface area contributed by atoms with Gasteiger partial charge in [-0.2, -0.15) is 0 Å². The fourth-order valence-corrected chi connectivity index (χ4v) is 2.13. The molecule has 100 valence electrons. The van der Waals surface area contributed by atoms with E-state index in [-0.39, 0.29) is 5.54 Å². The van der Waals surface area contributed by atoms with Crippen LogP contribution in [-0.2, 0) is 11.3 Å². The number of rotatable bonds is 4. The van der Waals surface area contributed by atoms with Gasteiger partial charge in [0.15, 0.2) is 0 Å². The van der Waals surface area contributed by atoms with Crippen LogP contribution in [0.4, 0.5) is 0 Å². The molecule has 19 heavy (non-hydrogen) atoms. The van der Waals surface area contributed by atoms with E-state index in [4.69, 9.17) is 4.74 Å². The molecular weight excluding hydrogens is 242 g/mol. The molecule has 1 fully saturated rings. The fraction of sp³-hybridized carbons (Fsp3) is 0.429. The van der Waals surface area contributed by atoms with E-state index < -0.39 is 5.97 Å². The third kappa shape index (κ3) is 2.33. The third-order valence-corrected chi connectivity index (χ3v) is 3.70. The molecular formula is C14H17N3O2. The summed E-state index contributed by atoms with van der Waals surface area (Å²) in [6.45, 7) is 2.93. The second-order valence-corrected chi connectivity index (χ2v) is 5.31. The number of fused-ring (bicyclic) bond motifs is 1. The summed E-state index contributed by atoms with van der Waals surface area (Å²) in [4.78, 5) is 19.1. The Balaban J connectivity index is 1.95. The molecule has 3 rings (SSSR count). The molecule has 0 unspecified atom stereocenters. The number of aromatic nitrogens is 2. The standard InChI is InChI=1S/C14H17N3O2/c1-14(4-5-14)16-8-9-7-11(13(18)19-2)17-10-3-6-15-12(9)10/h3,6-7,15-16H,4-5,8H2,1-2H3. The Hall–Kier alpha value is -1.88. The molecule has 0 saturated heterocycles. The van der Waals surface area contributed by atoms with Crippen LogP contribution < -0.4 is 5.32 Å². The molecule has 5 nitrogen and oxygen atoms in total. The van der Waals surface area contributed by atoms with Crippen LogP contribution in [0.1, 0.15) is 35.8 Å². The SMILES string of the molecule is COC(=O)c1cc(CNC2(C)CC2)c2[nH]ccc2n1. The van der Waals surface area contributed by atoms with Crippen molar-refractivity contribution in [1.82, 2.24) is 15.3 Å². The molecule has 2 heterocycles. The minimum Gasteiger partial charge on any atom is -0.464 e. The lowest BCUT2D eigenvalue weighted by Crippen LogP contribution is -2.27. The molecule has 0 atom stereocenters. The van der Waals surface area contributed by atoms with E-state index in [2.05, 4.69) is 22.2 Å². The third-order valence-electron chi connectivity index (χ3n) is 3.70. The number of H-pyrrole nitrogens is 1. The van der Waals surface area contributed by atoms with E-state index in [1.807, 2.05) is 12.3 Å². The van der Waals surface area contributed by atoms with E-state index in [1.54, 1.807) is 6.07 Å². The van der Waals surface area contributed by atoms with E-state index in [0.717, 1.165) is 23.1 Å². The fourth-order valence-electron chi connectivity index (χ4n) is 2.13. The maximum Gasteiger partial charge on any atom is 0.356 e. The van der Waals surface area contributed by atoms with Crippen LogP contribution in [0.2, 0.25) is 0 Å². The number of nitrogens with one attached hydrogen (secondary N) is 2. The maximum absolute atomic E-state index is 11.6. The molecule has 0 spiro atoms. The molecule has 2 aromatic rings. The Morgan fingerprint density at radius 2 is 2.37 bits per heavy atom. The zero-order valence-corrected chi connectivity index (χ0v) is 11.1. The Labute approximate surface area is 111 Å². The quantitative estimate of drug-likeness (QED) is 0.824. The number of hydrogen-bond acceptors (Lipinski definition) is 4. The summed E-state index contributed by atoms with van der Waals surface area (Å²) in [6.07, 6.45) is 4.24. The predicted octanol–water partition coefficient (Wildman–Crippen LogP) is 1.99. The van der Waals surface area contributed by atoms with Crippen molar-refractivity contribution in [2.75, 3.05) is 7.11 Å². The number of aromatic amines is 1. The second kappa shape index (κ2) is 4.35. The average Bonchev–Trinajstić information content (AvgIpc) is 2.97. The van der Waals surface area contributed by atoms with Crippen LogP contribution in [0.3, 0.4) is 0 Å². The molecule has 1 aliphatic carbocycles. The highest BCUT2D eigenvalue weighted by Gasteiger charge is 2.36. The average molecular weight is 259 g/mol. The van der Waals surface area contributed by atoms with Gasteiger partial charge in [0.1, 0.15) is 5.69 Å². The van der Waals surface area contributed by atoms with Gasteiger partial charge in [0.05, 0.1) is 18.1 Å². The first kappa shape index (κ1) is 12.2.